The van der Waals surface area contributed by atoms with Crippen LogP contribution in [-0.2, 0) is 4.79 Å². The quantitative estimate of drug-likeness (QED) is 0.423. The van der Waals surface area contributed by atoms with E-state index < -0.39 is 6.36 Å². The lowest BCUT2D eigenvalue weighted by Crippen LogP contribution is -2.39. The smallest absolute Gasteiger partial charge is 0.493 e. The number of thiazole rings is 1. The molecule has 0 aliphatic carbocycles. The Balaban J connectivity index is 0.00000385. The molecule has 33 heavy (non-hydrogen) atoms. The number of benzene rings is 2. The van der Waals surface area contributed by atoms with Crippen molar-refractivity contribution >= 4 is 45.0 Å². The summed E-state index contributed by atoms with van der Waals surface area (Å²) < 4.78 is 52.9. The van der Waals surface area contributed by atoms with Crippen molar-refractivity contribution in [1.82, 2.24) is 9.88 Å². The van der Waals surface area contributed by atoms with Gasteiger partial charge in [-0.1, -0.05) is 23.5 Å². The van der Waals surface area contributed by atoms with Crippen LogP contribution in [0.5, 0.6) is 17.2 Å². The Morgan fingerprint density at radius 2 is 1.79 bits per heavy atom. The Kier molecular flexibility index (Phi) is 9.15. The summed E-state index contributed by atoms with van der Waals surface area (Å²) in [5.41, 5.74) is 0.466. The average Bonchev–Trinajstić information content (AvgIpc) is 3.14. The fourth-order valence-corrected chi connectivity index (χ4v) is 3.83. The molecule has 0 saturated heterocycles. The number of aromatic nitrogens is 1. The van der Waals surface area contributed by atoms with Gasteiger partial charge in [0.1, 0.15) is 5.75 Å². The zero-order chi connectivity index (χ0) is 23.3. The summed E-state index contributed by atoms with van der Waals surface area (Å²) in [7, 11) is 5.24. The van der Waals surface area contributed by atoms with Crippen LogP contribution < -0.4 is 19.1 Å². The van der Waals surface area contributed by atoms with Crippen LogP contribution in [0.25, 0.3) is 10.2 Å². The monoisotopic (exact) mass is 505 g/mol. The topological polar surface area (TPSA) is 64.1 Å². The first-order valence-electron chi connectivity index (χ1n) is 9.53. The molecule has 7 nitrogen and oxygen atoms in total. The van der Waals surface area contributed by atoms with Crippen LogP contribution in [0.2, 0.25) is 0 Å². The van der Waals surface area contributed by atoms with E-state index >= 15 is 0 Å². The lowest BCUT2D eigenvalue weighted by atomic mass is 10.3. The maximum absolute atomic E-state index is 13.0. The van der Waals surface area contributed by atoms with E-state index in [1.165, 1.54) is 30.2 Å². The molecule has 0 radical (unpaired) electrons. The van der Waals surface area contributed by atoms with Crippen molar-refractivity contribution in [3.05, 3.63) is 42.5 Å². The van der Waals surface area contributed by atoms with E-state index in [2.05, 4.69) is 9.72 Å². The zero-order valence-electron chi connectivity index (χ0n) is 18.1. The van der Waals surface area contributed by atoms with Crippen molar-refractivity contribution in [2.24, 2.45) is 0 Å². The Labute approximate surface area is 199 Å². The second-order valence-corrected chi connectivity index (χ2v) is 7.97. The molecule has 2 aromatic carbocycles. The van der Waals surface area contributed by atoms with Gasteiger partial charge < -0.3 is 19.1 Å². The van der Waals surface area contributed by atoms with Crippen molar-refractivity contribution in [1.29, 1.82) is 0 Å². The molecule has 12 heteroatoms. The third-order valence-electron chi connectivity index (χ3n) is 4.31. The van der Waals surface area contributed by atoms with Gasteiger partial charge in [0.15, 0.2) is 23.2 Å². The standard InChI is InChI=1S/C21H22F3N3O4S.ClH/c1-26(2)10-11-27(19(28)13-30-17-7-5-4-6-16(17)29-3)20-25-15-9-8-14(12-18(15)32-20)31-21(22,23)24;/h4-9,12H,10-11,13H2,1-3H3;1H. The van der Waals surface area contributed by atoms with E-state index in [1.807, 2.05) is 19.0 Å². The van der Waals surface area contributed by atoms with E-state index in [9.17, 15) is 18.0 Å². The number of fused-ring (bicyclic) bond motifs is 1. The number of methoxy groups -OCH3 is 1. The second-order valence-electron chi connectivity index (χ2n) is 6.96. The molecule has 0 N–H and O–H groups in total. The van der Waals surface area contributed by atoms with Crippen LogP contribution in [0.1, 0.15) is 0 Å². The molecule has 0 unspecified atom stereocenters. The van der Waals surface area contributed by atoms with Crippen LogP contribution in [-0.4, -0.2) is 63.1 Å². The van der Waals surface area contributed by atoms with Gasteiger partial charge in [-0.15, -0.1) is 25.6 Å². The third-order valence-corrected chi connectivity index (χ3v) is 5.35. The van der Waals surface area contributed by atoms with Gasteiger partial charge in [-0.25, -0.2) is 4.98 Å². The summed E-state index contributed by atoms with van der Waals surface area (Å²) in [4.78, 5) is 20.8. The van der Waals surface area contributed by atoms with Gasteiger partial charge in [0, 0.05) is 19.2 Å². The van der Waals surface area contributed by atoms with E-state index in [1.54, 1.807) is 24.3 Å². The zero-order valence-corrected chi connectivity index (χ0v) is 19.7. The number of anilines is 1. The highest BCUT2D eigenvalue weighted by atomic mass is 35.5. The number of rotatable bonds is 9. The molecule has 1 aromatic heterocycles. The van der Waals surface area contributed by atoms with Gasteiger partial charge in [-0.3, -0.25) is 9.69 Å². The van der Waals surface area contributed by atoms with Crippen molar-refractivity contribution in [2.75, 3.05) is 45.8 Å². The molecule has 1 amide bonds. The minimum absolute atomic E-state index is 0. The molecule has 0 saturated carbocycles. The Morgan fingerprint density at radius 1 is 1.09 bits per heavy atom. The number of para-hydroxylation sites is 2. The van der Waals surface area contributed by atoms with Crippen molar-refractivity contribution in [3.8, 4) is 17.2 Å². The van der Waals surface area contributed by atoms with E-state index in [4.69, 9.17) is 9.47 Å². The molecular weight excluding hydrogens is 483 g/mol. The third kappa shape index (κ3) is 7.37. The number of likely N-dealkylation sites (N-methyl/N-ethyl adjacent to an activating group) is 1. The SMILES string of the molecule is COc1ccccc1OCC(=O)N(CCN(C)C)c1nc2ccc(OC(F)(F)F)cc2s1.Cl. The van der Waals surface area contributed by atoms with Crippen LogP contribution in [0.15, 0.2) is 42.5 Å². The van der Waals surface area contributed by atoms with Crippen LogP contribution in [0.4, 0.5) is 18.3 Å². The molecule has 0 atom stereocenters. The number of halogens is 4. The fraction of sp³-hybridized carbons (Fsp3) is 0.333. The Morgan fingerprint density at radius 3 is 2.42 bits per heavy atom. The van der Waals surface area contributed by atoms with Gasteiger partial charge >= 0.3 is 6.36 Å². The number of alkyl halides is 3. The predicted molar refractivity (Wildman–Crippen MR) is 123 cm³/mol. The first-order chi connectivity index (χ1) is 15.2. The molecule has 0 aliphatic rings. The first kappa shape index (κ1) is 26.5. The van der Waals surface area contributed by atoms with Crippen LogP contribution in [0, 0.1) is 0 Å². The van der Waals surface area contributed by atoms with Gasteiger partial charge in [0.05, 0.1) is 17.3 Å². The van der Waals surface area contributed by atoms with Crippen LogP contribution >= 0.6 is 23.7 Å². The van der Waals surface area contributed by atoms with E-state index in [0.29, 0.717) is 39.9 Å². The second kappa shape index (κ2) is 11.4. The summed E-state index contributed by atoms with van der Waals surface area (Å²) in [5.74, 6) is 0.237. The number of hydrogen-bond donors (Lipinski definition) is 0. The molecule has 0 spiro atoms. The molecule has 1 heterocycles. The highest BCUT2D eigenvalue weighted by molar-refractivity contribution is 7.22. The number of ether oxygens (including phenoxy) is 3. The van der Waals surface area contributed by atoms with Crippen molar-refractivity contribution < 1.29 is 32.2 Å². The maximum Gasteiger partial charge on any atom is 0.573 e. The van der Waals surface area contributed by atoms with E-state index in [-0.39, 0.29) is 30.7 Å². The Bertz CT molecular complexity index is 1080. The minimum Gasteiger partial charge on any atom is -0.493 e. The summed E-state index contributed by atoms with van der Waals surface area (Å²) in [6.07, 6.45) is -4.79. The normalized spacial score (nSPS) is 11.2. The number of amides is 1. The summed E-state index contributed by atoms with van der Waals surface area (Å²) >= 11 is 1.10. The molecule has 3 rings (SSSR count). The first-order valence-corrected chi connectivity index (χ1v) is 10.3. The largest absolute Gasteiger partial charge is 0.573 e. The fourth-order valence-electron chi connectivity index (χ4n) is 2.79. The van der Waals surface area contributed by atoms with Gasteiger partial charge in [0.25, 0.3) is 5.91 Å². The minimum atomic E-state index is -4.79. The lowest BCUT2D eigenvalue weighted by molar-refractivity contribution is -0.274. The van der Waals surface area contributed by atoms with Gasteiger partial charge in [0.2, 0.25) is 0 Å². The van der Waals surface area contributed by atoms with Gasteiger partial charge in [-0.2, -0.15) is 0 Å². The van der Waals surface area contributed by atoms with Crippen molar-refractivity contribution in [2.45, 2.75) is 6.36 Å². The summed E-state index contributed by atoms with van der Waals surface area (Å²) in [5, 5.41) is 0.361. The number of nitrogens with zero attached hydrogens (tertiary/aromatic N) is 3. The number of hydrogen-bond acceptors (Lipinski definition) is 7. The van der Waals surface area contributed by atoms with Crippen molar-refractivity contribution in [3.63, 3.8) is 0 Å². The summed E-state index contributed by atoms with van der Waals surface area (Å²) in [6, 6.07) is 10.8. The number of carbonyl (C=O) groups is 1. The molecule has 3 aromatic rings. The number of carbonyl (C=O) groups excluding carboxylic acids is 1. The van der Waals surface area contributed by atoms with E-state index in [0.717, 1.165) is 11.3 Å². The highest BCUT2D eigenvalue weighted by Gasteiger charge is 2.31. The average molecular weight is 506 g/mol. The molecule has 180 valence electrons. The molecular formula is C21H23ClF3N3O4S. The van der Waals surface area contributed by atoms with Crippen LogP contribution in [0.3, 0.4) is 0 Å². The Hall–Kier alpha value is -2.76. The molecule has 0 fully saturated rings. The lowest BCUT2D eigenvalue weighted by Gasteiger charge is -2.22. The predicted octanol–water partition coefficient (Wildman–Crippen LogP) is 4.60. The highest BCUT2D eigenvalue weighted by Crippen LogP contribution is 2.33. The summed E-state index contributed by atoms with van der Waals surface area (Å²) in [6.45, 7) is 0.623. The maximum atomic E-state index is 13.0. The van der Waals surface area contributed by atoms with Gasteiger partial charge in [-0.05, 0) is 38.4 Å². The molecule has 0 aliphatic heterocycles. The molecule has 0 bridgehead atoms.